The quantitative estimate of drug-likeness (QED) is 0.186. The number of amides is 1. The fraction of sp³-hybridized carbons (Fsp3) is 0. The van der Waals surface area contributed by atoms with Crippen molar-refractivity contribution in [3.05, 3.63) is 102 Å². The number of rotatable bonds is 5. The summed E-state index contributed by atoms with van der Waals surface area (Å²) in [5.41, 5.74) is 4.49. The standard InChI is InChI=1S/C27H19ClN4O2S/c28-19-9-5-17(6-10-19)24-15-13-21(34-24)14-16-25(33)32-27(35)29-20-11-7-18(8-12-20)26-30-22-3-1-2-4-23(22)31-26/h1-16H,(H,30,31)(H2,29,32,33,35). The smallest absolute Gasteiger partial charge is 0.250 e. The van der Waals surface area contributed by atoms with Crippen molar-refractivity contribution in [2.45, 2.75) is 0 Å². The van der Waals surface area contributed by atoms with E-state index in [1.807, 2.05) is 66.7 Å². The lowest BCUT2D eigenvalue weighted by Crippen LogP contribution is -2.32. The third-order valence-electron chi connectivity index (χ3n) is 5.20. The van der Waals surface area contributed by atoms with Gasteiger partial charge in [0.15, 0.2) is 5.11 Å². The summed E-state index contributed by atoms with van der Waals surface area (Å²) in [6, 6.07) is 26.4. The summed E-state index contributed by atoms with van der Waals surface area (Å²) in [6.45, 7) is 0. The first kappa shape index (κ1) is 22.6. The SMILES string of the molecule is O=C(C=Cc1ccc(-c2ccc(Cl)cc2)o1)NC(=S)Nc1ccc(-c2nc3ccccc3[nH]2)cc1. The van der Waals surface area contributed by atoms with Crippen LogP contribution in [0.25, 0.3) is 39.8 Å². The summed E-state index contributed by atoms with van der Waals surface area (Å²) in [5, 5.41) is 6.48. The van der Waals surface area contributed by atoms with Crippen molar-refractivity contribution in [2.75, 3.05) is 5.32 Å². The maximum Gasteiger partial charge on any atom is 0.250 e. The zero-order valence-corrected chi connectivity index (χ0v) is 19.9. The highest BCUT2D eigenvalue weighted by molar-refractivity contribution is 7.80. The second-order valence-corrected chi connectivity index (χ2v) is 8.51. The van der Waals surface area contributed by atoms with Crippen molar-refractivity contribution < 1.29 is 9.21 Å². The molecule has 172 valence electrons. The van der Waals surface area contributed by atoms with Crippen LogP contribution in [0.15, 0.2) is 95.4 Å². The minimum atomic E-state index is -0.370. The van der Waals surface area contributed by atoms with E-state index in [1.165, 1.54) is 6.08 Å². The Morgan fingerprint density at radius 3 is 2.46 bits per heavy atom. The zero-order chi connectivity index (χ0) is 24.2. The number of anilines is 1. The summed E-state index contributed by atoms with van der Waals surface area (Å²) < 4.78 is 5.76. The molecule has 2 heterocycles. The maximum absolute atomic E-state index is 12.3. The predicted octanol–water partition coefficient (Wildman–Crippen LogP) is 6.67. The van der Waals surface area contributed by atoms with Crippen LogP contribution in [0.1, 0.15) is 5.76 Å². The molecule has 0 aliphatic carbocycles. The van der Waals surface area contributed by atoms with Gasteiger partial charge in [-0.1, -0.05) is 23.7 Å². The molecule has 0 atom stereocenters. The number of halogens is 1. The second-order valence-electron chi connectivity index (χ2n) is 7.67. The van der Waals surface area contributed by atoms with Gasteiger partial charge in [0.1, 0.15) is 17.3 Å². The molecule has 35 heavy (non-hydrogen) atoms. The van der Waals surface area contributed by atoms with Gasteiger partial charge in [-0.2, -0.15) is 0 Å². The molecule has 0 unspecified atom stereocenters. The highest BCUT2D eigenvalue weighted by atomic mass is 35.5. The van der Waals surface area contributed by atoms with E-state index in [0.29, 0.717) is 16.5 Å². The molecule has 0 aliphatic rings. The van der Waals surface area contributed by atoms with Crippen molar-refractivity contribution in [2.24, 2.45) is 0 Å². The molecule has 0 saturated carbocycles. The van der Waals surface area contributed by atoms with Gasteiger partial charge < -0.3 is 14.7 Å². The maximum atomic E-state index is 12.3. The predicted molar refractivity (Wildman–Crippen MR) is 144 cm³/mol. The van der Waals surface area contributed by atoms with E-state index in [1.54, 1.807) is 24.3 Å². The van der Waals surface area contributed by atoms with Gasteiger partial charge in [0.05, 0.1) is 11.0 Å². The molecule has 0 aliphatic heterocycles. The third kappa shape index (κ3) is 5.48. The van der Waals surface area contributed by atoms with Gasteiger partial charge in [-0.05, 0) is 91.1 Å². The number of imidazole rings is 1. The van der Waals surface area contributed by atoms with Gasteiger partial charge in [-0.3, -0.25) is 10.1 Å². The molecule has 0 spiro atoms. The van der Waals surface area contributed by atoms with E-state index in [0.717, 1.165) is 33.7 Å². The van der Waals surface area contributed by atoms with Crippen LogP contribution in [0.3, 0.4) is 0 Å². The second kappa shape index (κ2) is 9.97. The topological polar surface area (TPSA) is 82.9 Å². The monoisotopic (exact) mass is 498 g/mol. The van der Waals surface area contributed by atoms with Crippen LogP contribution in [0.2, 0.25) is 5.02 Å². The molecule has 8 heteroatoms. The minimum Gasteiger partial charge on any atom is -0.457 e. The normalized spacial score (nSPS) is 11.1. The number of para-hydroxylation sites is 2. The molecule has 3 aromatic carbocycles. The lowest BCUT2D eigenvalue weighted by Gasteiger charge is -2.08. The van der Waals surface area contributed by atoms with E-state index >= 15 is 0 Å². The van der Waals surface area contributed by atoms with Gasteiger partial charge in [0.25, 0.3) is 0 Å². The number of aromatic nitrogens is 2. The third-order valence-corrected chi connectivity index (χ3v) is 5.65. The molecule has 0 fully saturated rings. The fourth-order valence-corrected chi connectivity index (χ4v) is 3.83. The Labute approximate surface area is 211 Å². The van der Waals surface area contributed by atoms with Crippen molar-refractivity contribution in [3.8, 4) is 22.7 Å². The van der Waals surface area contributed by atoms with Crippen LogP contribution in [-0.2, 0) is 4.79 Å². The molecule has 5 aromatic rings. The summed E-state index contributed by atoms with van der Waals surface area (Å²) in [5.74, 6) is 1.65. The van der Waals surface area contributed by atoms with Crippen molar-refractivity contribution in [1.82, 2.24) is 15.3 Å². The molecule has 6 nitrogen and oxygen atoms in total. The van der Waals surface area contributed by atoms with Gasteiger partial charge in [-0.25, -0.2) is 4.98 Å². The first-order valence-corrected chi connectivity index (χ1v) is 11.5. The highest BCUT2D eigenvalue weighted by Crippen LogP contribution is 2.24. The number of nitrogens with one attached hydrogen (secondary N) is 3. The first-order chi connectivity index (χ1) is 17.0. The molecule has 5 rings (SSSR count). The van der Waals surface area contributed by atoms with Gasteiger partial charge in [0.2, 0.25) is 5.91 Å². The van der Waals surface area contributed by atoms with Gasteiger partial charge in [0, 0.05) is 27.9 Å². The number of aromatic amines is 1. The van der Waals surface area contributed by atoms with Crippen LogP contribution in [0, 0.1) is 0 Å². The zero-order valence-electron chi connectivity index (χ0n) is 18.3. The molecule has 0 bridgehead atoms. The largest absolute Gasteiger partial charge is 0.457 e. The van der Waals surface area contributed by atoms with E-state index in [2.05, 4.69) is 20.6 Å². The van der Waals surface area contributed by atoms with E-state index in [4.69, 9.17) is 28.2 Å². The minimum absolute atomic E-state index is 0.192. The molecule has 0 saturated heterocycles. The molecular formula is C27H19ClN4O2S. The summed E-state index contributed by atoms with van der Waals surface area (Å²) in [6.07, 6.45) is 2.95. The van der Waals surface area contributed by atoms with E-state index < -0.39 is 0 Å². The Balaban J connectivity index is 1.16. The number of benzene rings is 3. The first-order valence-electron chi connectivity index (χ1n) is 10.7. The van der Waals surface area contributed by atoms with Crippen LogP contribution >= 0.6 is 23.8 Å². The highest BCUT2D eigenvalue weighted by Gasteiger charge is 2.07. The Morgan fingerprint density at radius 2 is 1.69 bits per heavy atom. The Hall–Kier alpha value is -4.20. The Kier molecular flexibility index (Phi) is 6.43. The summed E-state index contributed by atoms with van der Waals surface area (Å²) >= 11 is 11.2. The van der Waals surface area contributed by atoms with E-state index in [-0.39, 0.29) is 11.0 Å². The fourth-order valence-electron chi connectivity index (χ4n) is 3.49. The molecule has 2 aromatic heterocycles. The molecule has 0 radical (unpaired) electrons. The number of nitrogens with zero attached hydrogens (tertiary/aromatic N) is 1. The Bertz CT molecular complexity index is 1500. The lowest BCUT2D eigenvalue weighted by molar-refractivity contribution is -0.115. The van der Waals surface area contributed by atoms with Gasteiger partial charge >= 0.3 is 0 Å². The van der Waals surface area contributed by atoms with Crippen molar-refractivity contribution in [1.29, 1.82) is 0 Å². The summed E-state index contributed by atoms with van der Waals surface area (Å²) in [4.78, 5) is 20.2. The number of carbonyl (C=O) groups is 1. The average molecular weight is 499 g/mol. The molecule has 1 amide bonds. The van der Waals surface area contributed by atoms with Crippen LogP contribution < -0.4 is 10.6 Å². The van der Waals surface area contributed by atoms with Crippen LogP contribution in [0.5, 0.6) is 0 Å². The number of furan rings is 1. The van der Waals surface area contributed by atoms with Crippen LogP contribution in [0.4, 0.5) is 5.69 Å². The number of H-pyrrole nitrogens is 1. The number of hydrogen-bond donors (Lipinski definition) is 3. The van der Waals surface area contributed by atoms with E-state index in [9.17, 15) is 4.79 Å². The number of hydrogen-bond acceptors (Lipinski definition) is 4. The van der Waals surface area contributed by atoms with Crippen molar-refractivity contribution in [3.63, 3.8) is 0 Å². The lowest BCUT2D eigenvalue weighted by atomic mass is 10.2. The summed E-state index contributed by atoms with van der Waals surface area (Å²) in [7, 11) is 0. The van der Waals surface area contributed by atoms with Gasteiger partial charge in [-0.15, -0.1) is 0 Å². The molecular weight excluding hydrogens is 480 g/mol. The average Bonchev–Trinajstić information content (AvgIpc) is 3.51. The number of carbonyl (C=O) groups excluding carboxylic acids is 1. The number of thiocarbonyl (C=S) groups is 1. The number of fused-ring (bicyclic) bond motifs is 1. The Morgan fingerprint density at radius 1 is 0.943 bits per heavy atom. The van der Waals surface area contributed by atoms with Crippen molar-refractivity contribution >= 4 is 57.6 Å². The van der Waals surface area contributed by atoms with Crippen LogP contribution in [-0.4, -0.2) is 21.0 Å². The molecule has 3 N–H and O–H groups in total.